The molecule has 2 aliphatic heterocycles. The Morgan fingerprint density at radius 2 is 1.96 bits per heavy atom. The van der Waals surface area contributed by atoms with E-state index in [1.807, 2.05) is 11.9 Å². The first kappa shape index (κ1) is 19.4. The minimum Gasteiger partial charge on any atom is -0.451 e. The van der Waals surface area contributed by atoms with Crippen molar-refractivity contribution in [2.24, 2.45) is 5.92 Å². The molecule has 5 nitrogen and oxygen atoms in total. The number of amides is 1. The number of piperidine rings is 1. The lowest BCUT2D eigenvalue weighted by atomic mass is 9.74. The van der Waals surface area contributed by atoms with Crippen LogP contribution in [0.3, 0.4) is 0 Å². The highest BCUT2D eigenvalue weighted by atomic mass is 19.1. The molecule has 2 fully saturated rings. The second kappa shape index (κ2) is 7.82. The first-order valence-corrected chi connectivity index (χ1v) is 10.5. The second-order valence-electron chi connectivity index (χ2n) is 8.51. The molecule has 4 rings (SSSR count). The smallest absolute Gasteiger partial charge is 0.339 e. The summed E-state index contributed by atoms with van der Waals surface area (Å²) >= 11 is 0. The molecule has 2 heterocycles. The molecule has 0 bridgehead atoms. The third-order valence-corrected chi connectivity index (χ3v) is 6.70. The Hall–Kier alpha value is -1.95. The van der Waals surface area contributed by atoms with Gasteiger partial charge in [-0.25, -0.2) is 9.18 Å². The molecule has 0 aromatic heterocycles. The van der Waals surface area contributed by atoms with Gasteiger partial charge in [0.05, 0.1) is 5.56 Å². The summed E-state index contributed by atoms with van der Waals surface area (Å²) in [5.41, 5.74) is 0.440. The number of benzene rings is 1. The van der Waals surface area contributed by atoms with E-state index in [1.165, 1.54) is 31.4 Å². The van der Waals surface area contributed by atoms with Crippen molar-refractivity contribution < 1.29 is 18.7 Å². The van der Waals surface area contributed by atoms with Crippen LogP contribution < -0.4 is 0 Å². The van der Waals surface area contributed by atoms with Crippen molar-refractivity contribution in [3.63, 3.8) is 0 Å². The van der Waals surface area contributed by atoms with E-state index in [9.17, 15) is 14.0 Å². The summed E-state index contributed by atoms with van der Waals surface area (Å²) in [4.78, 5) is 29.4. The van der Waals surface area contributed by atoms with E-state index in [1.54, 1.807) is 6.07 Å². The Morgan fingerprint density at radius 3 is 2.68 bits per heavy atom. The Labute approximate surface area is 165 Å². The number of ether oxygens (including phenoxy) is 1. The van der Waals surface area contributed by atoms with Crippen LogP contribution in [-0.2, 0) is 15.1 Å². The molecule has 1 aromatic carbocycles. The van der Waals surface area contributed by atoms with Crippen LogP contribution in [0.2, 0.25) is 0 Å². The van der Waals surface area contributed by atoms with Gasteiger partial charge in [0.1, 0.15) is 11.4 Å². The Bertz CT molecular complexity index is 752. The zero-order chi connectivity index (χ0) is 19.7. The van der Waals surface area contributed by atoms with Crippen molar-refractivity contribution in [3.8, 4) is 0 Å². The molecule has 0 atom stereocenters. The van der Waals surface area contributed by atoms with Gasteiger partial charge >= 0.3 is 5.97 Å². The highest BCUT2D eigenvalue weighted by Gasteiger charge is 2.48. The molecule has 0 N–H and O–H groups in total. The fourth-order valence-electron chi connectivity index (χ4n) is 4.97. The minimum atomic E-state index is -0.677. The first-order valence-electron chi connectivity index (χ1n) is 10.5. The maximum Gasteiger partial charge on any atom is 0.339 e. The largest absolute Gasteiger partial charge is 0.451 e. The molecule has 1 spiro atoms. The van der Waals surface area contributed by atoms with Gasteiger partial charge in [-0.15, -0.1) is 0 Å². The summed E-state index contributed by atoms with van der Waals surface area (Å²) in [5, 5.41) is 0. The van der Waals surface area contributed by atoms with E-state index < -0.39 is 17.4 Å². The van der Waals surface area contributed by atoms with Gasteiger partial charge < -0.3 is 14.5 Å². The second-order valence-corrected chi connectivity index (χ2v) is 8.51. The van der Waals surface area contributed by atoms with E-state index in [0.717, 1.165) is 31.7 Å². The summed E-state index contributed by atoms with van der Waals surface area (Å²) in [6.45, 7) is 3.98. The van der Waals surface area contributed by atoms with Crippen LogP contribution in [0.15, 0.2) is 18.2 Å². The number of carbonyl (C=O) groups excluding carboxylic acids is 2. The summed E-state index contributed by atoms with van der Waals surface area (Å²) in [6, 6.07) is 4.31. The average molecular weight is 388 g/mol. The number of hydrogen-bond donors (Lipinski definition) is 0. The van der Waals surface area contributed by atoms with Crippen LogP contribution in [0.1, 0.15) is 60.9 Å². The lowest BCUT2D eigenvalue weighted by Crippen LogP contribution is -2.43. The average Bonchev–Trinajstić information content (AvgIpc) is 2.97. The molecule has 0 radical (unpaired) electrons. The maximum absolute atomic E-state index is 13.5. The van der Waals surface area contributed by atoms with Crippen molar-refractivity contribution in [1.29, 1.82) is 0 Å². The molecule has 1 amide bonds. The van der Waals surface area contributed by atoms with Gasteiger partial charge in [-0.2, -0.15) is 0 Å². The summed E-state index contributed by atoms with van der Waals surface area (Å²) in [7, 11) is 1.89. The summed E-state index contributed by atoms with van der Waals surface area (Å²) in [5.74, 6) is -0.708. The third-order valence-electron chi connectivity index (χ3n) is 6.70. The predicted molar refractivity (Wildman–Crippen MR) is 103 cm³/mol. The zero-order valence-corrected chi connectivity index (χ0v) is 16.6. The van der Waals surface area contributed by atoms with Crippen LogP contribution in [0.4, 0.5) is 4.39 Å². The standard InChI is InChI=1S/C22H29FN2O3/c1-24(13-14-25-11-3-2-4-12-25)20(26)16-7-9-22(10-8-16)19-6-5-17(23)15-18(19)21(27)28-22/h5-6,15-16H,2-4,7-14H2,1H3/t16-,22-. The molecule has 28 heavy (non-hydrogen) atoms. The van der Waals surface area contributed by atoms with Crippen molar-refractivity contribution in [3.05, 3.63) is 35.1 Å². The van der Waals surface area contributed by atoms with E-state index >= 15 is 0 Å². The highest BCUT2D eigenvalue weighted by Crippen LogP contribution is 2.48. The van der Waals surface area contributed by atoms with Gasteiger partial charge in [-0.1, -0.05) is 12.5 Å². The van der Waals surface area contributed by atoms with Gasteiger partial charge in [0.2, 0.25) is 5.91 Å². The van der Waals surface area contributed by atoms with Crippen LogP contribution in [0.5, 0.6) is 0 Å². The first-order chi connectivity index (χ1) is 13.5. The van der Waals surface area contributed by atoms with Crippen LogP contribution in [-0.4, -0.2) is 54.9 Å². The van der Waals surface area contributed by atoms with Gasteiger partial charge in [-0.05, 0) is 63.7 Å². The Kier molecular flexibility index (Phi) is 5.41. The lowest BCUT2D eigenvalue weighted by Gasteiger charge is -2.37. The molecule has 6 heteroatoms. The van der Waals surface area contributed by atoms with E-state index in [2.05, 4.69) is 4.90 Å². The normalized spacial score (nSPS) is 27.5. The lowest BCUT2D eigenvalue weighted by molar-refractivity contribution is -0.137. The number of hydrogen-bond acceptors (Lipinski definition) is 4. The van der Waals surface area contributed by atoms with E-state index in [4.69, 9.17) is 4.74 Å². The number of fused-ring (bicyclic) bond motifs is 2. The number of likely N-dealkylation sites (tertiary alicyclic amines) is 1. The molecule has 1 aromatic rings. The van der Waals surface area contributed by atoms with Crippen molar-refractivity contribution in [1.82, 2.24) is 9.80 Å². The van der Waals surface area contributed by atoms with Gasteiger partial charge in [0, 0.05) is 31.6 Å². The number of rotatable bonds is 4. The molecule has 1 saturated heterocycles. The van der Waals surface area contributed by atoms with Crippen LogP contribution in [0, 0.1) is 11.7 Å². The Balaban J connectivity index is 1.34. The Morgan fingerprint density at radius 1 is 1.25 bits per heavy atom. The molecule has 3 aliphatic rings. The van der Waals surface area contributed by atoms with Gasteiger partial charge in [-0.3, -0.25) is 4.79 Å². The quantitative estimate of drug-likeness (QED) is 0.743. The topological polar surface area (TPSA) is 49.9 Å². The molecule has 0 unspecified atom stereocenters. The van der Waals surface area contributed by atoms with Crippen molar-refractivity contribution in [2.75, 3.05) is 33.2 Å². The summed E-state index contributed by atoms with van der Waals surface area (Å²) in [6.07, 6.45) is 6.45. The fraction of sp³-hybridized carbons (Fsp3) is 0.636. The maximum atomic E-state index is 13.5. The van der Waals surface area contributed by atoms with E-state index in [-0.39, 0.29) is 11.8 Å². The number of esters is 1. The molecular weight excluding hydrogens is 359 g/mol. The predicted octanol–water partition coefficient (Wildman–Crippen LogP) is 3.33. The monoisotopic (exact) mass is 388 g/mol. The fourth-order valence-corrected chi connectivity index (χ4v) is 4.97. The van der Waals surface area contributed by atoms with Crippen LogP contribution in [0.25, 0.3) is 0 Å². The van der Waals surface area contributed by atoms with Crippen molar-refractivity contribution in [2.45, 2.75) is 50.5 Å². The van der Waals surface area contributed by atoms with Crippen LogP contribution >= 0.6 is 0 Å². The molecule has 1 saturated carbocycles. The minimum absolute atomic E-state index is 0.0276. The summed E-state index contributed by atoms with van der Waals surface area (Å²) < 4.78 is 19.2. The SMILES string of the molecule is CN(CCN1CCCCC1)C(=O)[C@H]1CC[C@@]2(CC1)OC(=O)c1cc(F)ccc12. The van der Waals surface area contributed by atoms with Gasteiger partial charge in [0.15, 0.2) is 0 Å². The van der Waals surface area contributed by atoms with E-state index in [0.29, 0.717) is 31.2 Å². The number of carbonyl (C=O) groups is 2. The number of nitrogens with zero attached hydrogens (tertiary/aromatic N) is 2. The molecular formula is C22H29FN2O3. The highest BCUT2D eigenvalue weighted by molar-refractivity contribution is 5.94. The zero-order valence-electron chi connectivity index (χ0n) is 16.6. The molecule has 152 valence electrons. The van der Waals surface area contributed by atoms with Crippen molar-refractivity contribution >= 4 is 11.9 Å². The number of likely N-dealkylation sites (N-methyl/N-ethyl adjacent to an activating group) is 1. The molecule has 1 aliphatic carbocycles. The van der Waals surface area contributed by atoms with Gasteiger partial charge in [0.25, 0.3) is 0 Å². The third kappa shape index (κ3) is 3.66. The number of halogens is 1.